The fraction of sp³-hybridized carbons (Fsp3) is 0.222. The van der Waals surface area contributed by atoms with Gasteiger partial charge in [-0.05, 0) is 36.8 Å². The zero-order valence-corrected chi connectivity index (χ0v) is 12.7. The maximum Gasteiger partial charge on any atom is 0.338 e. The van der Waals surface area contributed by atoms with Gasteiger partial charge in [-0.1, -0.05) is 18.2 Å². The van der Waals surface area contributed by atoms with Crippen LogP contribution in [0.4, 0.5) is 4.39 Å². The molecule has 0 aliphatic carbocycles. The molecule has 0 bridgehead atoms. The summed E-state index contributed by atoms with van der Waals surface area (Å²) < 4.78 is 17.7. The van der Waals surface area contributed by atoms with E-state index in [9.17, 15) is 19.1 Å². The van der Waals surface area contributed by atoms with Crippen LogP contribution in [0.1, 0.15) is 28.4 Å². The Kier molecular flexibility index (Phi) is 5.46. The lowest BCUT2D eigenvalue weighted by atomic mass is 10.0. The summed E-state index contributed by atoms with van der Waals surface area (Å²) in [6, 6.07) is 10.0. The van der Waals surface area contributed by atoms with E-state index in [1.165, 1.54) is 30.3 Å². The molecular weight excluding hydrogens is 299 g/mol. The van der Waals surface area contributed by atoms with E-state index in [2.05, 4.69) is 0 Å². The quantitative estimate of drug-likeness (QED) is 0.832. The van der Waals surface area contributed by atoms with Crippen molar-refractivity contribution >= 4 is 11.8 Å². The van der Waals surface area contributed by atoms with Crippen molar-refractivity contribution in [3.05, 3.63) is 65.0 Å². The van der Waals surface area contributed by atoms with E-state index < -0.39 is 5.97 Å². The Morgan fingerprint density at radius 3 is 2.39 bits per heavy atom. The van der Waals surface area contributed by atoms with Gasteiger partial charge in [0, 0.05) is 18.4 Å². The summed E-state index contributed by atoms with van der Waals surface area (Å²) in [6.45, 7) is 1.94. The number of esters is 1. The monoisotopic (exact) mass is 316 g/mol. The van der Waals surface area contributed by atoms with Gasteiger partial charge in [-0.15, -0.1) is 0 Å². The number of hydrogen-bond acceptors (Lipinski definition) is 4. The van der Waals surface area contributed by atoms with Gasteiger partial charge in [0.05, 0.1) is 12.2 Å². The predicted octanol–water partition coefficient (Wildman–Crippen LogP) is 3.06. The van der Waals surface area contributed by atoms with Crippen LogP contribution < -0.4 is 0 Å². The van der Waals surface area contributed by atoms with Gasteiger partial charge in [0.25, 0.3) is 0 Å². The minimum absolute atomic E-state index is 0.0340. The Morgan fingerprint density at radius 2 is 1.78 bits per heavy atom. The smallest absolute Gasteiger partial charge is 0.338 e. The number of halogens is 1. The molecule has 0 unspecified atom stereocenters. The number of Topliss-reactive ketones (excluding diaryl/α,β-unsaturated/α-hetero) is 1. The molecule has 4 nitrogen and oxygen atoms in total. The van der Waals surface area contributed by atoms with Crippen molar-refractivity contribution in [2.75, 3.05) is 6.61 Å². The van der Waals surface area contributed by atoms with E-state index in [1.807, 2.05) is 0 Å². The summed E-state index contributed by atoms with van der Waals surface area (Å²) in [5.41, 5.74) is 1.38. The van der Waals surface area contributed by atoms with Gasteiger partial charge in [0.15, 0.2) is 0 Å². The van der Waals surface area contributed by atoms with Crippen LogP contribution in [-0.4, -0.2) is 23.5 Å². The van der Waals surface area contributed by atoms with Crippen LogP contribution in [0, 0.1) is 5.82 Å². The molecular formula is C18H17FO4. The molecule has 0 atom stereocenters. The zero-order chi connectivity index (χ0) is 16.8. The summed E-state index contributed by atoms with van der Waals surface area (Å²) in [4.78, 5) is 23.6. The average Bonchev–Trinajstić information content (AvgIpc) is 2.52. The molecule has 0 saturated carbocycles. The van der Waals surface area contributed by atoms with E-state index >= 15 is 0 Å². The lowest BCUT2D eigenvalue weighted by Crippen LogP contribution is -2.08. The second-order valence-corrected chi connectivity index (χ2v) is 5.08. The zero-order valence-electron chi connectivity index (χ0n) is 12.7. The molecule has 1 N–H and O–H groups in total. The van der Waals surface area contributed by atoms with Crippen LogP contribution in [0.3, 0.4) is 0 Å². The molecule has 0 amide bonds. The van der Waals surface area contributed by atoms with Crippen molar-refractivity contribution < 1.29 is 23.8 Å². The Hall–Kier alpha value is -2.69. The summed E-state index contributed by atoms with van der Waals surface area (Å²) in [5.74, 6) is -1.11. The number of carbonyl (C=O) groups is 2. The summed E-state index contributed by atoms with van der Waals surface area (Å²) in [6.07, 6.45) is 0.186. The van der Waals surface area contributed by atoms with E-state index in [0.29, 0.717) is 11.1 Å². The minimum Gasteiger partial charge on any atom is -0.508 e. The van der Waals surface area contributed by atoms with E-state index in [0.717, 1.165) is 0 Å². The number of phenols is 1. The average molecular weight is 316 g/mol. The normalized spacial score (nSPS) is 10.3. The number of ether oxygens (including phenoxy) is 1. The van der Waals surface area contributed by atoms with Crippen molar-refractivity contribution in [2.24, 2.45) is 0 Å². The fourth-order valence-corrected chi connectivity index (χ4v) is 2.16. The highest BCUT2D eigenvalue weighted by atomic mass is 19.1. The van der Waals surface area contributed by atoms with Crippen LogP contribution in [0.2, 0.25) is 0 Å². The summed E-state index contributed by atoms with van der Waals surface area (Å²) >= 11 is 0. The Labute approximate surface area is 133 Å². The van der Waals surface area contributed by atoms with Crippen LogP contribution >= 0.6 is 0 Å². The topological polar surface area (TPSA) is 63.6 Å². The molecule has 0 fully saturated rings. The Morgan fingerprint density at radius 1 is 1.09 bits per heavy atom. The fourth-order valence-electron chi connectivity index (χ4n) is 2.16. The molecule has 0 aliphatic rings. The molecule has 0 saturated heterocycles. The summed E-state index contributed by atoms with van der Waals surface area (Å²) in [5, 5.41) is 9.95. The van der Waals surface area contributed by atoms with Crippen molar-refractivity contribution in [1.29, 1.82) is 0 Å². The Balaban J connectivity index is 2.03. The molecule has 0 spiro atoms. The maximum atomic E-state index is 12.8. The number of aromatic hydroxyl groups is 1. The van der Waals surface area contributed by atoms with Gasteiger partial charge in [-0.3, -0.25) is 4.79 Å². The van der Waals surface area contributed by atoms with Gasteiger partial charge < -0.3 is 9.84 Å². The number of hydrogen-bond donors (Lipinski definition) is 1. The number of rotatable bonds is 6. The lowest BCUT2D eigenvalue weighted by Gasteiger charge is -2.07. The number of benzene rings is 2. The van der Waals surface area contributed by atoms with E-state index in [-0.39, 0.29) is 42.4 Å². The molecule has 2 rings (SSSR count). The molecule has 2 aromatic rings. The highest BCUT2D eigenvalue weighted by Crippen LogP contribution is 2.21. The number of phenolic OH excluding ortho intramolecular Hbond substituents is 1. The lowest BCUT2D eigenvalue weighted by molar-refractivity contribution is -0.117. The first-order valence-corrected chi connectivity index (χ1v) is 7.24. The molecule has 2 aromatic carbocycles. The third-order valence-electron chi connectivity index (χ3n) is 3.30. The van der Waals surface area contributed by atoms with Gasteiger partial charge in [0.2, 0.25) is 0 Å². The van der Waals surface area contributed by atoms with Gasteiger partial charge in [-0.2, -0.15) is 0 Å². The largest absolute Gasteiger partial charge is 0.508 e. The van der Waals surface area contributed by atoms with Gasteiger partial charge >= 0.3 is 5.97 Å². The predicted molar refractivity (Wildman–Crippen MR) is 82.9 cm³/mol. The second-order valence-electron chi connectivity index (χ2n) is 5.08. The summed E-state index contributed by atoms with van der Waals surface area (Å²) in [7, 11) is 0. The molecule has 0 radical (unpaired) electrons. The molecule has 5 heteroatoms. The maximum absolute atomic E-state index is 12.8. The second kappa shape index (κ2) is 7.54. The van der Waals surface area contributed by atoms with Crippen LogP contribution in [0.5, 0.6) is 5.75 Å². The number of ketones is 1. The van der Waals surface area contributed by atoms with Crippen LogP contribution in [-0.2, 0) is 22.4 Å². The van der Waals surface area contributed by atoms with Crippen molar-refractivity contribution in [2.45, 2.75) is 19.8 Å². The van der Waals surface area contributed by atoms with Crippen molar-refractivity contribution in [1.82, 2.24) is 0 Å². The number of carbonyl (C=O) groups excluding carboxylic acids is 2. The van der Waals surface area contributed by atoms with Crippen LogP contribution in [0.15, 0.2) is 42.5 Å². The molecule has 0 heterocycles. The Bertz CT molecular complexity index is 707. The first kappa shape index (κ1) is 16.7. The third-order valence-corrected chi connectivity index (χ3v) is 3.30. The van der Waals surface area contributed by atoms with Gasteiger partial charge in [0.1, 0.15) is 17.3 Å². The minimum atomic E-state index is -0.521. The SMILES string of the molecule is CCOC(=O)c1ccc(CC(=O)Cc2ccc(F)cc2)c(O)c1. The standard InChI is InChI=1S/C18H17FO4/c1-2-23-18(22)14-6-5-13(17(21)11-14)10-16(20)9-12-3-7-15(19)8-4-12/h3-8,11,21H,2,9-10H2,1H3. The molecule has 23 heavy (non-hydrogen) atoms. The molecule has 0 aromatic heterocycles. The molecule has 0 aliphatic heterocycles. The van der Waals surface area contributed by atoms with Crippen molar-refractivity contribution in [3.63, 3.8) is 0 Å². The van der Waals surface area contributed by atoms with E-state index in [1.54, 1.807) is 19.1 Å². The molecule has 120 valence electrons. The third kappa shape index (κ3) is 4.64. The van der Waals surface area contributed by atoms with Gasteiger partial charge in [-0.25, -0.2) is 9.18 Å². The highest BCUT2D eigenvalue weighted by molar-refractivity contribution is 5.90. The van der Waals surface area contributed by atoms with Crippen molar-refractivity contribution in [3.8, 4) is 5.75 Å². The highest BCUT2D eigenvalue weighted by Gasteiger charge is 2.13. The first-order chi connectivity index (χ1) is 11.0. The van der Waals surface area contributed by atoms with Crippen LogP contribution in [0.25, 0.3) is 0 Å². The first-order valence-electron chi connectivity index (χ1n) is 7.24. The van der Waals surface area contributed by atoms with E-state index in [4.69, 9.17) is 4.74 Å².